The lowest BCUT2D eigenvalue weighted by Gasteiger charge is -2.38. The maximum atomic E-state index is 9.63. The molecule has 2 nitrogen and oxygen atoms in total. The lowest BCUT2D eigenvalue weighted by molar-refractivity contribution is 0.0974. The van der Waals surface area contributed by atoms with Crippen molar-refractivity contribution in [3.63, 3.8) is 0 Å². The molecule has 0 aromatic heterocycles. The van der Waals surface area contributed by atoms with Crippen LogP contribution in [-0.2, 0) is 11.8 Å². The van der Waals surface area contributed by atoms with E-state index < -0.39 is 0 Å². The summed E-state index contributed by atoms with van der Waals surface area (Å²) in [4.78, 5) is 0. The summed E-state index contributed by atoms with van der Waals surface area (Å²) in [5, 5.41) is 9.63. The highest BCUT2D eigenvalue weighted by Gasteiger charge is 2.34. The van der Waals surface area contributed by atoms with Gasteiger partial charge in [0.2, 0.25) is 0 Å². The van der Waals surface area contributed by atoms with Gasteiger partial charge >= 0.3 is 0 Å². The first-order valence-corrected chi connectivity index (χ1v) is 6.68. The van der Waals surface area contributed by atoms with Crippen LogP contribution in [0.15, 0.2) is 24.3 Å². The fourth-order valence-corrected chi connectivity index (χ4v) is 2.86. The number of aliphatic hydroxyl groups excluding tert-OH is 1. The molecule has 0 aliphatic heterocycles. The molecule has 1 aromatic rings. The zero-order chi connectivity index (χ0) is 12.3. The number of nitrogens with two attached hydrogens (primary N) is 1. The van der Waals surface area contributed by atoms with Crippen LogP contribution in [0.3, 0.4) is 0 Å². The van der Waals surface area contributed by atoms with E-state index in [9.17, 15) is 5.11 Å². The van der Waals surface area contributed by atoms with Crippen LogP contribution >= 0.6 is 0 Å². The molecule has 0 spiro atoms. The number of rotatable bonds is 3. The number of benzene rings is 1. The maximum Gasteiger partial charge on any atom is 0.0541 e. The Bertz CT molecular complexity index is 350. The molecule has 1 aliphatic rings. The third-order valence-corrected chi connectivity index (χ3v) is 4.28. The summed E-state index contributed by atoms with van der Waals surface area (Å²) in [7, 11) is 0. The molecule has 3 N–H and O–H groups in total. The molecular weight excluding hydrogens is 210 g/mol. The monoisotopic (exact) mass is 233 g/mol. The van der Waals surface area contributed by atoms with Crippen molar-refractivity contribution in [2.45, 2.75) is 50.5 Å². The second-order valence-corrected chi connectivity index (χ2v) is 5.27. The van der Waals surface area contributed by atoms with Gasteiger partial charge in [0, 0.05) is 12.0 Å². The van der Waals surface area contributed by atoms with E-state index in [0.29, 0.717) is 6.54 Å². The molecule has 2 rings (SSSR count). The minimum Gasteiger partial charge on any atom is -0.393 e. The van der Waals surface area contributed by atoms with Crippen molar-refractivity contribution in [3.8, 4) is 0 Å². The van der Waals surface area contributed by atoms with Crippen molar-refractivity contribution >= 4 is 0 Å². The third kappa shape index (κ3) is 2.53. The van der Waals surface area contributed by atoms with Crippen LogP contribution in [0.5, 0.6) is 0 Å². The van der Waals surface area contributed by atoms with E-state index in [4.69, 9.17) is 5.73 Å². The molecule has 1 aromatic carbocycles. The van der Waals surface area contributed by atoms with Crippen molar-refractivity contribution in [3.05, 3.63) is 35.4 Å². The Morgan fingerprint density at radius 2 is 1.82 bits per heavy atom. The van der Waals surface area contributed by atoms with Gasteiger partial charge in [-0.25, -0.2) is 0 Å². The van der Waals surface area contributed by atoms with Gasteiger partial charge < -0.3 is 10.8 Å². The highest BCUT2D eigenvalue weighted by Crippen LogP contribution is 2.38. The largest absolute Gasteiger partial charge is 0.393 e. The van der Waals surface area contributed by atoms with Crippen LogP contribution in [0.25, 0.3) is 0 Å². The number of aliphatic hydroxyl groups is 1. The second kappa shape index (κ2) is 5.19. The molecule has 0 radical (unpaired) electrons. The topological polar surface area (TPSA) is 46.2 Å². The van der Waals surface area contributed by atoms with Crippen LogP contribution in [0.1, 0.15) is 43.7 Å². The summed E-state index contributed by atoms with van der Waals surface area (Å²) in [6.45, 7) is 2.86. The molecule has 0 unspecified atom stereocenters. The fraction of sp³-hybridized carbons (Fsp3) is 0.600. The van der Waals surface area contributed by atoms with Gasteiger partial charge in [0.25, 0.3) is 0 Å². The minimum atomic E-state index is -0.121. The SMILES string of the molecule is CCc1ccc(C2(CN)CCC(O)CC2)cc1. The Kier molecular flexibility index (Phi) is 3.85. The Balaban J connectivity index is 2.21. The summed E-state index contributed by atoms with van der Waals surface area (Å²) in [5.41, 5.74) is 8.83. The predicted octanol–water partition coefficient (Wildman–Crippen LogP) is 2.38. The average molecular weight is 233 g/mol. The lowest BCUT2D eigenvalue weighted by atomic mass is 9.68. The molecule has 1 saturated carbocycles. The van der Waals surface area contributed by atoms with Crippen molar-refractivity contribution in [1.82, 2.24) is 0 Å². The molecule has 1 aliphatic carbocycles. The third-order valence-electron chi connectivity index (χ3n) is 4.28. The fourth-order valence-electron chi connectivity index (χ4n) is 2.86. The summed E-state index contributed by atoms with van der Waals surface area (Å²) in [5.74, 6) is 0. The van der Waals surface area contributed by atoms with Crippen LogP contribution in [0.4, 0.5) is 0 Å². The summed E-state index contributed by atoms with van der Waals surface area (Å²) in [6, 6.07) is 8.86. The zero-order valence-electron chi connectivity index (χ0n) is 10.7. The highest BCUT2D eigenvalue weighted by atomic mass is 16.3. The van der Waals surface area contributed by atoms with Crippen LogP contribution in [0, 0.1) is 0 Å². The molecule has 0 heterocycles. The van der Waals surface area contributed by atoms with Crippen molar-refractivity contribution in [2.24, 2.45) is 5.73 Å². The van der Waals surface area contributed by atoms with Gasteiger partial charge in [-0.3, -0.25) is 0 Å². The minimum absolute atomic E-state index is 0.103. The highest BCUT2D eigenvalue weighted by molar-refractivity contribution is 5.30. The first kappa shape index (κ1) is 12.6. The van der Waals surface area contributed by atoms with Gasteiger partial charge in [-0.1, -0.05) is 31.2 Å². The van der Waals surface area contributed by atoms with Gasteiger partial charge in [0.05, 0.1) is 6.10 Å². The standard InChI is InChI=1S/C15H23NO/c1-2-12-3-5-13(6-4-12)15(11-16)9-7-14(17)8-10-15/h3-6,14,17H,2,7-11,16H2,1H3. The second-order valence-electron chi connectivity index (χ2n) is 5.27. The van der Waals surface area contributed by atoms with Crippen LogP contribution in [-0.4, -0.2) is 17.8 Å². The molecule has 0 saturated heterocycles. The summed E-state index contributed by atoms with van der Waals surface area (Å²) in [6.07, 6.45) is 4.74. The molecule has 17 heavy (non-hydrogen) atoms. The average Bonchev–Trinajstić information content (AvgIpc) is 2.40. The Morgan fingerprint density at radius 1 is 1.24 bits per heavy atom. The first-order valence-electron chi connectivity index (χ1n) is 6.68. The first-order chi connectivity index (χ1) is 8.20. The van der Waals surface area contributed by atoms with E-state index in [0.717, 1.165) is 32.1 Å². The summed E-state index contributed by atoms with van der Waals surface area (Å²) < 4.78 is 0. The Hall–Kier alpha value is -0.860. The molecule has 0 bridgehead atoms. The van der Waals surface area contributed by atoms with E-state index in [2.05, 4.69) is 31.2 Å². The summed E-state index contributed by atoms with van der Waals surface area (Å²) >= 11 is 0. The molecular formula is C15H23NO. The van der Waals surface area contributed by atoms with E-state index in [1.54, 1.807) is 0 Å². The van der Waals surface area contributed by atoms with Gasteiger partial charge in [-0.15, -0.1) is 0 Å². The van der Waals surface area contributed by atoms with E-state index in [1.807, 2.05) is 0 Å². The van der Waals surface area contributed by atoms with Crippen LogP contribution < -0.4 is 5.73 Å². The smallest absolute Gasteiger partial charge is 0.0541 e. The Morgan fingerprint density at radius 3 is 2.29 bits per heavy atom. The van der Waals surface area contributed by atoms with Gasteiger partial charge in [0.1, 0.15) is 0 Å². The van der Waals surface area contributed by atoms with Crippen molar-refractivity contribution in [2.75, 3.05) is 6.54 Å². The van der Waals surface area contributed by atoms with Crippen LogP contribution in [0.2, 0.25) is 0 Å². The molecule has 94 valence electrons. The molecule has 1 fully saturated rings. The van der Waals surface area contributed by atoms with E-state index in [1.165, 1.54) is 11.1 Å². The van der Waals surface area contributed by atoms with Gasteiger partial charge in [0.15, 0.2) is 0 Å². The maximum absolute atomic E-state index is 9.63. The Labute approximate surface area is 104 Å². The van der Waals surface area contributed by atoms with Gasteiger partial charge in [-0.05, 0) is 43.2 Å². The molecule has 2 heteroatoms. The van der Waals surface area contributed by atoms with Gasteiger partial charge in [-0.2, -0.15) is 0 Å². The number of aryl methyl sites for hydroxylation is 1. The van der Waals surface area contributed by atoms with Crippen molar-refractivity contribution < 1.29 is 5.11 Å². The lowest BCUT2D eigenvalue weighted by Crippen LogP contribution is -2.40. The molecule has 0 amide bonds. The predicted molar refractivity (Wildman–Crippen MR) is 71.0 cm³/mol. The normalized spacial score (nSPS) is 29.2. The zero-order valence-corrected chi connectivity index (χ0v) is 10.7. The van der Waals surface area contributed by atoms with Crippen molar-refractivity contribution in [1.29, 1.82) is 0 Å². The molecule has 0 atom stereocenters. The quantitative estimate of drug-likeness (QED) is 0.842. The number of hydrogen-bond donors (Lipinski definition) is 2. The van der Waals surface area contributed by atoms with E-state index >= 15 is 0 Å². The number of hydrogen-bond acceptors (Lipinski definition) is 2. The van der Waals surface area contributed by atoms with E-state index in [-0.39, 0.29) is 11.5 Å².